The molecule has 0 unspecified atom stereocenters. The molecule has 0 saturated heterocycles. The van der Waals surface area contributed by atoms with Crippen LogP contribution in [0.15, 0.2) is 48.5 Å². The van der Waals surface area contributed by atoms with Crippen LogP contribution in [0.25, 0.3) is 0 Å². The summed E-state index contributed by atoms with van der Waals surface area (Å²) in [6.45, 7) is 4.54. The molecule has 0 atom stereocenters. The van der Waals surface area contributed by atoms with Gasteiger partial charge in [-0.3, -0.25) is 0 Å². The molecule has 0 fully saturated rings. The number of hydrogen-bond donors (Lipinski definition) is 0. The van der Waals surface area contributed by atoms with Gasteiger partial charge in [0.15, 0.2) is 0 Å². The third kappa shape index (κ3) is 3.40. The Kier molecular flexibility index (Phi) is 4.04. The number of aryl methyl sites for hydroxylation is 2. The maximum atomic E-state index is 5.64. The van der Waals surface area contributed by atoms with Crippen LogP contribution in [-0.2, 0) is 0 Å². The van der Waals surface area contributed by atoms with Gasteiger partial charge in [0.25, 0.3) is 0 Å². The first-order valence-corrected chi connectivity index (χ1v) is 6.00. The highest BCUT2D eigenvalue weighted by atomic mass is 16.5. The highest BCUT2D eigenvalue weighted by molar-refractivity contribution is 5.37. The van der Waals surface area contributed by atoms with Crippen LogP contribution >= 0.6 is 0 Å². The molecule has 1 nitrogen and oxygen atoms in total. The van der Waals surface area contributed by atoms with Gasteiger partial charge >= 0.3 is 0 Å². The monoisotopic (exact) mass is 236 g/mol. The minimum Gasteiger partial charge on any atom is -0.481 e. The first-order valence-electron chi connectivity index (χ1n) is 6.00. The molecular weight excluding hydrogens is 220 g/mol. The van der Waals surface area contributed by atoms with E-state index in [-0.39, 0.29) is 0 Å². The Hall–Kier alpha value is -2.20. The molecule has 0 amide bonds. The van der Waals surface area contributed by atoms with Crippen LogP contribution in [0.2, 0.25) is 0 Å². The smallest absolute Gasteiger partial charge is 0.149 e. The van der Waals surface area contributed by atoms with E-state index in [1.165, 1.54) is 5.56 Å². The lowest BCUT2D eigenvalue weighted by Gasteiger charge is -2.06. The molecule has 2 aromatic carbocycles. The van der Waals surface area contributed by atoms with E-state index < -0.39 is 0 Å². The molecule has 0 heterocycles. The van der Waals surface area contributed by atoms with Gasteiger partial charge in [-0.1, -0.05) is 47.7 Å². The molecule has 0 aliphatic carbocycles. The fraction of sp³-hybridized carbons (Fsp3) is 0.176. The zero-order valence-electron chi connectivity index (χ0n) is 10.7. The van der Waals surface area contributed by atoms with Crippen LogP contribution in [-0.4, -0.2) is 6.61 Å². The van der Waals surface area contributed by atoms with Crippen LogP contribution in [0.4, 0.5) is 0 Å². The van der Waals surface area contributed by atoms with E-state index in [1.807, 2.05) is 49.4 Å². The van der Waals surface area contributed by atoms with E-state index in [0.717, 1.165) is 16.9 Å². The highest BCUT2D eigenvalue weighted by Crippen LogP contribution is 2.18. The van der Waals surface area contributed by atoms with Crippen LogP contribution in [0, 0.1) is 25.7 Å². The van der Waals surface area contributed by atoms with Gasteiger partial charge in [0.1, 0.15) is 12.4 Å². The summed E-state index contributed by atoms with van der Waals surface area (Å²) in [4.78, 5) is 0. The van der Waals surface area contributed by atoms with Crippen molar-refractivity contribution < 1.29 is 4.74 Å². The lowest BCUT2D eigenvalue weighted by Crippen LogP contribution is -1.96. The summed E-state index contributed by atoms with van der Waals surface area (Å²) in [5.41, 5.74) is 3.41. The summed E-state index contributed by atoms with van der Waals surface area (Å²) in [7, 11) is 0. The number of benzene rings is 2. The minimum atomic E-state index is 0.415. The van der Waals surface area contributed by atoms with Gasteiger partial charge in [0, 0.05) is 5.56 Å². The summed E-state index contributed by atoms with van der Waals surface area (Å²) < 4.78 is 5.64. The topological polar surface area (TPSA) is 9.23 Å². The molecule has 90 valence electrons. The van der Waals surface area contributed by atoms with E-state index in [9.17, 15) is 0 Å². The first kappa shape index (κ1) is 12.3. The second kappa shape index (κ2) is 5.93. The second-order valence-electron chi connectivity index (χ2n) is 4.23. The molecule has 0 aliphatic heterocycles. The van der Waals surface area contributed by atoms with Crippen molar-refractivity contribution in [2.45, 2.75) is 13.8 Å². The van der Waals surface area contributed by atoms with Crippen molar-refractivity contribution in [2.75, 3.05) is 6.61 Å². The molecule has 0 saturated carbocycles. The van der Waals surface area contributed by atoms with Crippen LogP contribution < -0.4 is 4.74 Å². The molecule has 0 N–H and O–H groups in total. The van der Waals surface area contributed by atoms with Gasteiger partial charge in [-0.2, -0.15) is 0 Å². The fourth-order valence-electron chi connectivity index (χ4n) is 1.73. The molecule has 1 heteroatoms. The summed E-state index contributed by atoms with van der Waals surface area (Å²) >= 11 is 0. The van der Waals surface area contributed by atoms with Crippen molar-refractivity contribution in [3.05, 3.63) is 65.2 Å². The SMILES string of the molecule is Cc1ccc(OCC#Cc2ccccc2)c(C)c1. The maximum absolute atomic E-state index is 5.64. The first-order chi connectivity index (χ1) is 8.75. The molecule has 0 aromatic heterocycles. The van der Waals surface area contributed by atoms with Gasteiger partial charge in [-0.25, -0.2) is 0 Å². The summed E-state index contributed by atoms with van der Waals surface area (Å²) in [5.74, 6) is 7.00. The summed E-state index contributed by atoms with van der Waals surface area (Å²) in [5, 5.41) is 0. The largest absolute Gasteiger partial charge is 0.481 e. The van der Waals surface area contributed by atoms with Crippen molar-refractivity contribution in [1.82, 2.24) is 0 Å². The lowest BCUT2D eigenvalue weighted by atomic mass is 10.1. The zero-order valence-corrected chi connectivity index (χ0v) is 10.7. The standard InChI is InChI=1S/C17H16O/c1-14-10-11-17(15(2)13-14)18-12-6-9-16-7-4-3-5-8-16/h3-5,7-8,10-11,13H,12H2,1-2H3. The van der Waals surface area contributed by atoms with E-state index in [2.05, 4.69) is 24.8 Å². The number of hydrogen-bond acceptors (Lipinski definition) is 1. The quantitative estimate of drug-likeness (QED) is 0.722. The minimum absolute atomic E-state index is 0.415. The highest BCUT2D eigenvalue weighted by Gasteiger charge is 1.97. The Morgan fingerprint density at radius 2 is 1.78 bits per heavy atom. The van der Waals surface area contributed by atoms with E-state index in [4.69, 9.17) is 4.74 Å². The fourth-order valence-corrected chi connectivity index (χ4v) is 1.73. The Labute approximate surface area is 108 Å². The normalized spacial score (nSPS) is 9.44. The van der Waals surface area contributed by atoms with Crippen molar-refractivity contribution >= 4 is 0 Å². The molecule has 2 rings (SSSR count). The van der Waals surface area contributed by atoms with Crippen molar-refractivity contribution in [3.63, 3.8) is 0 Å². The molecule has 18 heavy (non-hydrogen) atoms. The second-order valence-corrected chi connectivity index (χ2v) is 4.23. The van der Waals surface area contributed by atoms with Gasteiger partial charge in [0.05, 0.1) is 0 Å². The predicted molar refractivity (Wildman–Crippen MR) is 74.7 cm³/mol. The van der Waals surface area contributed by atoms with E-state index in [1.54, 1.807) is 0 Å². The summed E-state index contributed by atoms with van der Waals surface area (Å²) in [6, 6.07) is 16.1. The number of ether oxygens (including phenoxy) is 1. The van der Waals surface area contributed by atoms with Crippen molar-refractivity contribution in [3.8, 4) is 17.6 Å². The Morgan fingerprint density at radius 1 is 1.00 bits per heavy atom. The van der Waals surface area contributed by atoms with Gasteiger partial charge < -0.3 is 4.74 Å². The average Bonchev–Trinajstić information content (AvgIpc) is 2.38. The third-order valence-electron chi connectivity index (χ3n) is 2.64. The lowest BCUT2D eigenvalue weighted by molar-refractivity contribution is 0.367. The van der Waals surface area contributed by atoms with Crippen molar-refractivity contribution in [1.29, 1.82) is 0 Å². The molecule has 0 radical (unpaired) electrons. The molecular formula is C17H16O. The van der Waals surface area contributed by atoms with Crippen LogP contribution in [0.5, 0.6) is 5.75 Å². The van der Waals surface area contributed by atoms with E-state index in [0.29, 0.717) is 6.61 Å². The van der Waals surface area contributed by atoms with Gasteiger partial charge in [-0.15, -0.1) is 0 Å². The van der Waals surface area contributed by atoms with Crippen LogP contribution in [0.1, 0.15) is 16.7 Å². The molecule has 0 bridgehead atoms. The summed E-state index contributed by atoms with van der Waals surface area (Å²) in [6.07, 6.45) is 0. The van der Waals surface area contributed by atoms with Crippen LogP contribution in [0.3, 0.4) is 0 Å². The molecule has 2 aromatic rings. The Balaban J connectivity index is 1.95. The average molecular weight is 236 g/mol. The Morgan fingerprint density at radius 3 is 2.50 bits per heavy atom. The van der Waals surface area contributed by atoms with Crippen molar-refractivity contribution in [2.24, 2.45) is 0 Å². The third-order valence-corrected chi connectivity index (χ3v) is 2.64. The van der Waals surface area contributed by atoms with E-state index >= 15 is 0 Å². The zero-order chi connectivity index (χ0) is 12.8. The predicted octanol–water partition coefficient (Wildman–Crippen LogP) is 3.73. The Bertz CT molecular complexity index is 574. The molecule has 0 aliphatic rings. The maximum Gasteiger partial charge on any atom is 0.149 e. The molecule has 0 spiro atoms. The number of rotatable bonds is 2. The van der Waals surface area contributed by atoms with Gasteiger partial charge in [-0.05, 0) is 37.6 Å². The van der Waals surface area contributed by atoms with Gasteiger partial charge in [0.2, 0.25) is 0 Å².